The van der Waals surface area contributed by atoms with Crippen LogP contribution in [0.15, 0.2) is 12.1 Å². The van der Waals surface area contributed by atoms with Crippen LogP contribution in [0.4, 0.5) is 17.1 Å². The first-order valence-corrected chi connectivity index (χ1v) is 6.60. The van der Waals surface area contributed by atoms with Crippen molar-refractivity contribution in [1.29, 1.82) is 0 Å². The number of aliphatic hydroxyl groups excluding tert-OH is 1. The number of hydrogen-bond donors (Lipinski definition) is 4. The van der Waals surface area contributed by atoms with Gasteiger partial charge in [-0.3, -0.25) is 4.79 Å². The van der Waals surface area contributed by atoms with Gasteiger partial charge in [-0.05, 0) is 30.0 Å². The second kappa shape index (κ2) is 5.48. The van der Waals surface area contributed by atoms with E-state index in [1.54, 1.807) is 0 Å². The van der Waals surface area contributed by atoms with E-state index in [0.29, 0.717) is 24.6 Å². The molecule has 1 amide bonds. The zero-order valence-corrected chi connectivity index (χ0v) is 11.4. The quantitative estimate of drug-likeness (QED) is 0.607. The predicted octanol–water partition coefficient (Wildman–Crippen LogP) is 1.58. The number of carbonyl (C=O) groups is 1. The molecule has 1 heterocycles. The molecule has 0 spiro atoms. The lowest BCUT2D eigenvalue weighted by Gasteiger charge is -2.16. The van der Waals surface area contributed by atoms with Crippen LogP contribution in [-0.2, 0) is 11.2 Å². The van der Waals surface area contributed by atoms with Crippen molar-refractivity contribution in [1.82, 2.24) is 0 Å². The Morgan fingerprint density at radius 1 is 1.47 bits per heavy atom. The number of nitrogens with one attached hydrogen (secondary N) is 2. The van der Waals surface area contributed by atoms with Crippen molar-refractivity contribution in [2.24, 2.45) is 5.92 Å². The molecule has 19 heavy (non-hydrogen) atoms. The molecule has 0 aliphatic carbocycles. The maximum absolute atomic E-state index is 11.3. The first-order chi connectivity index (χ1) is 8.95. The van der Waals surface area contributed by atoms with Crippen LogP contribution in [0.1, 0.15) is 25.8 Å². The van der Waals surface area contributed by atoms with Gasteiger partial charge in [0.05, 0.1) is 23.9 Å². The number of nitrogen functional groups attached to an aromatic ring is 1. The van der Waals surface area contributed by atoms with Crippen molar-refractivity contribution in [3.8, 4) is 0 Å². The first kappa shape index (κ1) is 13.7. The van der Waals surface area contributed by atoms with Crippen LogP contribution in [0.2, 0.25) is 0 Å². The molecule has 0 radical (unpaired) electrons. The topological polar surface area (TPSA) is 87.4 Å². The van der Waals surface area contributed by atoms with Crippen LogP contribution in [0.5, 0.6) is 0 Å². The second-order valence-electron chi connectivity index (χ2n) is 5.49. The zero-order chi connectivity index (χ0) is 14.0. The Morgan fingerprint density at radius 3 is 2.89 bits per heavy atom. The average Bonchev–Trinajstić information content (AvgIpc) is 2.64. The average molecular weight is 263 g/mol. The fraction of sp³-hybridized carbons (Fsp3) is 0.500. The van der Waals surface area contributed by atoms with Gasteiger partial charge in [-0.2, -0.15) is 0 Å². The summed E-state index contributed by atoms with van der Waals surface area (Å²) in [6.45, 7) is 4.60. The maximum atomic E-state index is 11.3. The number of carbonyl (C=O) groups excluding carboxylic acids is 1. The third kappa shape index (κ3) is 3.38. The number of benzene rings is 1. The molecule has 0 bridgehead atoms. The van der Waals surface area contributed by atoms with E-state index in [0.717, 1.165) is 23.4 Å². The number of nitrogens with two attached hydrogens (primary N) is 1. The minimum Gasteiger partial charge on any atom is -0.397 e. The summed E-state index contributed by atoms with van der Waals surface area (Å²) >= 11 is 0. The van der Waals surface area contributed by atoms with Crippen LogP contribution in [0.25, 0.3) is 0 Å². The van der Waals surface area contributed by atoms with Crippen LogP contribution in [-0.4, -0.2) is 23.7 Å². The van der Waals surface area contributed by atoms with Gasteiger partial charge in [0, 0.05) is 12.2 Å². The summed E-state index contributed by atoms with van der Waals surface area (Å²) in [6.07, 6.45) is 0.729. The first-order valence-electron chi connectivity index (χ1n) is 6.60. The van der Waals surface area contributed by atoms with E-state index < -0.39 is 6.10 Å². The van der Waals surface area contributed by atoms with Gasteiger partial charge in [0.15, 0.2) is 0 Å². The fourth-order valence-corrected chi connectivity index (χ4v) is 2.30. The Balaban J connectivity index is 2.02. The molecule has 5 N–H and O–H groups in total. The summed E-state index contributed by atoms with van der Waals surface area (Å²) in [5.74, 6) is 0.444. The van der Waals surface area contributed by atoms with Gasteiger partial charge in [0.25, 0.3) is 0 Å². The van der Waals surface area contributed by atoms with Crippen LogP contribution in [0, 0.1) is 5.92 Å². The molecule has 0 saturated carbocycles. The lowest BCUT2D eigenvalue weighted by Crippen LogP contribution is -2.21. The third-order valence-electron chi connectivity index (χ3n) is 3.17. The van der Waals surface area contributed by atoms with Gasteiger partial charge in [-0.25, -0.2) is 0 Å². The van der Waals surface area contributed by atoms with Crippen molar-refractivity contribution in [2.45, 2.75) is 32.8 Å². The van der Waals surface area contributed by atoms with Crippen molar-refractivity contribution in [3.05, 3.63) is 17.7 Å². The molecule has 1 aliphatic heterocycles. The molecule has 2 rings (SSSR count). The number of aliphatic hydroxyl groups is 1. The highest BCUT2D eigenvalue weighted by Crippen LogP contribution is 2.31. The second-order valence-corrected chi connectivity index (χ2v) is 5.49. The van der Waals surface area contributed by atoms with Gasteiger partial charge in [-0.15, -0.1) is 0 Å². The Kier molecular flexibility index (Phi) is 3.95. The van der Waals surface area contributed by atoms with Crippen molar-refractivity contribution < 1.29 is 9.90 Å². The Morgan fingerprint density at radius 2 is 2.21 bits per heavy atom. The van der Waals surface area contributed by atoms with Crippen molar-refractivity contribution >= 4 is 23.0 Å². The highest BCUT2D eigenvalue weighted by Gasteiger charge is 2.19. The molecule has 1 atom stereocenters. The van der Waals surface area contributed by atoms with E-state index in [2.05, 4.69) is 24.5 Å². The number of rotatable bonds is 5. The standard InChI is InChI=1S/C14H21N3O2/c1-8(2)3-10(18)7-16-13-6-12-9(4-11(13)15)5-14(19)17-12/h4,6,8,10,16,18H,3,5,7,15H2,1-2H3,(H,17,19). The SMILES string of the molecule is CC(C)CC(O)CNc1cc2c(cc1N)CC(=O)N2. The molecular formula is C14H21N3O2. The molecule has 1 aromatic carbocycles. The third-order valence-corrected chi connectivity index (χ3v) is 3.17. The van der Waals surface area contributed by atoms with E-state index in [-0.39, 0.29) is 5.91 Å². The number of amides is 1. The molecule has 104 valence electrons. The predicted molar refractivity (Wildman–Crippen MR) is 77.1 cm³/mol. The lowest BCUT2D eigenvalue weighted by atomic mass is 10.1. The molecule has 1 aromatic rings. The Hall–Kier alpha value is -1.75. The van der Waals surface area contributed by atoms with Gasteiger partial charge < -0.3 is 21.5 Å². The molecular weight excluding hydrogens is 242 g/mol. The number of hydrogen-bond acceptors (Lipinski definition) is 4. The fourth-order valence-electron chi connectivity index (χ4n) is 2.30. The largest absolute Gasteiger partial charge is 0.397 e. The summed E-state index contributed by atoms with van der Waals surface area (Å²) < 4.78 is 0. The summed E-state index contributed by atoms with van der Waals surface area (Å²) in [5.41, 5.74) is 9.03. The molecule has 5 nitrogen and oxygen atoms in total. The number of fused-ring (bicyclic) bond motifs is 1. The van der Waals surface area contributed by atoms with Gasteiger partial charge in [-0.1, -0.05) is 13.8 Å². The van der Waals surface area contributed by atoms with E-state index >= 15 is 0 Å². The van der Waals surface area contributed by atoms with Crippen molar-refractivity contribution in [2.75, 3.05) is 22.9 Å². The molecule has 0 fully saturated rings. The van der Waals surface area contributed by atoms with E-state index in [1.165, 1.54) is 0 Å². The van der Waals surface area contributed by atoms with E-state index in [1.807, 2.05) is 12.1 Å². The van der Waals surface area contributed by atoms with E-state index in [4.69, 9.17) is 5.73 Å². The van der Waals surface area contributed by atoms with Gasteiger partial charge >= 0.3 is 0 Å². The molecule has 1 unspecified atom stereocenters. The van der Waals surface area contributed by atoms with Crippen LogP contribution < -0.4 is 16.4 Å². The van der Waals surface area contributed by atoms with Crippen molar-refractivity contribution in [3.63, 3.8) is 0 Å². The highest BCUT2D eigenvalue weighted by molar-refractivity contribution is 6.00. The van der Waals surface area contributed by atoms with Gasteiger partial charge in [0.1, 0.15) is 0 Å². The minimum atomic E-state index is -0.401. The Labute approximate surface area is 113 Å². The summed E-state index contributed by atoms with van der Waals surface area (Å²) in [6, 6.07) is 3.64. The summed E-state index contributed by atoms with van der Waals surface area (Å²) in [5, 5.41) is 15.8. The van der Waals surface area contributed by atoms with Gasteiger partial charge in [0.2, 0.25) is 5.91 Å². The Bertz CT molecular complexity index is 486. The monoisotopic (exact) mass is 263 g/mol. The highest BCUT2D eigenvalue weighted by atomic mass is 16.3. The minimum absolute atomic E-state index is 0.00797. The molecule has 0 aromatic heterocycles. The summed E-state index contributed by atoms with van der Waals surface area (Å²) in [4.78, 5) is 11.3. The normalized spacial score (nSPS) is 15.3. The molecule has 0 saturated heterocycles. The van der Waals surface area contributed by atoms with Crippen LogP contribution >= 0.6 is 0 Å². The lowest BCUT2D eigenvalue weighted by molar-refractivity contribution is -0.115. The van der Waals surface area contributed by atoms with E-state index in [9.17, 15) is 9.90 Å². The maximum Gasteiger partial charge on any atom is 0.228 e. The van der Waals surface area contributed by atoms with Crippen LogP contribution in [0.3, 0.4) is 0 Å². The molecule has 5 heteroatoms. The number of anilines is 3. The smallest absolute Gasteiger partial charge is 0.228 e. The molecule has 1 aliphatic rings. The zero-order valence-electron chi connectivity index (χ0n) is 11.4. The summed E-state index contributed by atoms with van der Waals surface area (Å²) in [7, 11) is 0.